The highest BCUT2D eigenvalue weighted by Crippen LogP contribution is 2.40. The van der Waals surface area contributed by atoms with Crippen LogP contribution in [0.4, 0.5) is 0 Å². The quantitative estimate of drug-likeness (QED) is 0.0989. The van der Waals surface area contributed by atoms with Gasteiger partial charge in [-0.3, -0.25) is 14.4 Å². The Morgan fingerprint density at radius 3 is 2.46 bits per heavy atom. The number of rotatable bonds is 10. The van der Waals surface area contributed by atoms with Gasteiger partial charge < -0.3 is 24.2 Å². The summed E-state index contributed by atoms with van der Waals surface area (Å²) in [6.07, 6.45) is 0.496. The van der Waals surface area contributed by atoms with Crippen LogP contribution in [0.3, 0.4) is 0 Å². The van der Waals surface area contributed by atoms with Crippen LogP contribution in [0.15, 0.2) is 78.4 Å². The lowest BCUT2D eigenvalue weighted by atomic mass is 9.94. The highest BCUT2D eigenvalue weighted by molar-refractivity contribution is 6.46. The molecule has 39 heavy (non-hydrogen) atoms. The fourth-order valence-electron chi connectivity index (χ4n) is 4.60. The first kappa shape index (κ1) is 27.6. The minimum absolute atomic E-state index is 0.0326. The largest absolute Gasteiger partial charge is 0.507 e. The molecule has 8 heteroatoms. The second-order valence-corrected chi connectivity index (χ2v) is 9.26. The van der Waals surface area contributed by atoms with Gasteiger partial charge in [0.05, 0.1) is 11.6 Å². The van der Waals surface area contributed by atoms with E-state index in [-0.39, 0.29) is 23.6 Å². The summed E-state index contributed by atoms with van der Waals surface area (Å²) in [4.78, 5) is 39.3. The Balaban J connectivity index is 1.71. The average molecular weight is 530 g/mol. The summed E-state index contributed by atoms with van der Waals surface area (Å²) < 4.78 is 16.3. The number of ketones is 1. The van der Waals surface area contributed by atoms with E-state index < -0.39 is 23.7 Å². The molecule has 0 aromatic heterocycles. The molecule has 202 valence electrons. The van der Waals surface area contributed by atoms with E-state index in [1.807, 2.05) is 37.3 Å². The van der Waals surface area contributed by atoms with Gasteiger partial charge in [-0.2, -0.15) is 0 Å². The van der Waals surface area contributed by atoms with Crippen molar-refractivity contribution in [3.63, 3.8) is 0 Å². The molecule has 8 nitrogen and oxygen atoms in total. The molecular formula is C31H31NO7. The first-order valence-electron chi connectivity index (χ1n) is 12.6. The monoisotopic (exact) mass is 529 g/mol. The number of carbonyl (C=O) groups excluding carboxylic acids is 3. The molecule has 1 amide bonds. The van der Waals surface area contributed by atoms with Gasteiger partial charge in [0.25, 0.3) is 11.7 Å². The Labute approximate surface area is 227 Å². The van der Waals surface area contributed by atoms with Crippen molar-refractivity contribution in [2.45, 2.75) is 32.9 Å². The van der Waals surface area contributed by atoms with Crippen molar-refractivity contribution < 1.29 is 33.7 Å². The number of aryl methyl sites for hydroxylation is 1. The van der Waals surface area contributed by atoms with Crippen LogP contribution in [0.1, 0.15) is 41.6 Å². The van der Waals surface area contributed by atoms with E-state index in [4.69, 9.17) is 14.2 Å². The zero-order valence-corrected chi connectivity index (χ0v) is 22.2. The van der Waals surface area contributed by atoms with Crippen LogP contribution >= 0.6 is 0 Å². The predicted octanol–water partition coefficient (Wildman–Crippen LogP) is 4.96. The van der Waals surface area contributed by atoms with Gasteiger partial charge in [-0.15, -0.1) is 0 Å². The number of hydrogen-bond acceptors (Lipinski definition) is 7. The van der Waals surface area contributed by atoms with Gasteiger partial charge in [-0.25, -0.2) is 0 Å². The number of esters is 1. The summed E-state index contributed by atoms with van der Waals surface area (Å²) in [5.74, 6) is -1.36. The highest BCUT2D eigenvalue weighted by atomic mass is 16.5. The number of nitrogens with zero attached hydrogens (tertiary/aromatic N) is 1. The van der Waals surface area contributed by atoms with Crippen molar-refractivity contribution in [3.05, 3.63) is 101 Å². The van der Waals surface area contributed by atoms with Gasteiger partial charge in [0, 0.05) is 32.7 Å². The fraction of sp³-hybridized carbons (Fsp3) is 0.258. The number of methoxy groups -OCH3 is 1. The number of likely N-dealkylation sites (tertiary alicyclic amines) is 1. The molecule has 1 aliphatic rings. The summed E-state index contributed by atoms with van der Waals surface area (Å²) in [6, 6.07) is 20.6. The Morgan fingerprint density at radius 2 is 1.77 bits per heavy atom. The van der Waals surface area contributed by atoms with Crippen molar-refractivity contribution in [1.29, 1.82) is 0 Å². The van der Waals surface area contributed by atoms with Crippen molar-refractivity contribution in [1.82, 2.24) is 4.90 Å². The van der Waals surface area contributed by atoms with Crippen LogP contribution in [0.25, 0.3) is 5.76 Å². The SMILES string of the molecule is COCCCN1C(=O)C(=O)/C(=C(/O)c2ccc(OCc3ccccc3)c(C)c2)C1c1cccc(OC(C)=O)c1. The molecular weight excluding hydrogens is 498 g/mol. The molecule has 4 rings (SSSR count). The highest BCUT2D eigenvalue weighted by Gasteiger charge is 2.46. The zero-order valence-electron chi connectivity index (χ0n) is 22.2. The summed E-state index contributed by atoms with van der Waals surface area (Å²) in [5.41, 5.74) is 2.67. The molecule has 0 radical (unpaired) electrons. The maximum atomic E-state index is 13.3. The molecule has 1 heterocycles. The third-order valence-electron chi connectivity index (χ3n) is 6.41. The maximum Gasteiger partial charge on any atom is 0.308 e. The summed E-state index contributed by atoms with van der Waals surface area (Å²) in [6.45, 7) is 4.16. The van der Waals surface area contributed by atoms with E-state index in [9.17, 15) is 19.5 Å². The molecule has 1 fully saturated rings. The number of ether oxygens (including phenoxy) is 3. The van der Waals surface area contributed by atoms with E-state index in [0.29, 0.717) is 36.5 Å². The van der Waals surface area contributed by atoms with E-state index in [1.165, 1.54) is 11.8 Å². The van der Waals surface area contributed by atoms with Gasteiger partial charge >= 0.3 is 5.97 Å². The van der Waals surface area contributed by atoms with Crippen LogP contribution < -0.4 is 9.47 Å². The number of carbonyl (C=O) groups is 3. The minimum Gasteiger partial charge on any atom is -0.507 e. The molecule has 0 bridgehead atoms. The molecule has 0 aliphatic carbocycles. The molecule has 0 saturated carbocycles. The number of hydrogen-bond donors (Lipinski definition) is 1. The molecule has 1 unspecified atom stereocenters. The van der Waals surface area contributed by atoms with E-state index in [0.717, 1.165) is 11.1 Å². The molecule has 1 aliphatic heterocycles. The van der Waals surface area contributed by atoms with Crippen molar-refractivity contribution >= 4 is 23.4 Å². The van der Waals surface area contributed by atoms with Gasteiger partial charge in [-0.05, 0) is 60.4 Å². The van der Waals surface area contributed by atoms with Gasteiger partial charge in [0.1, 0.15) is 23.9 Å². The van der Waals surface area contributed by atoms with Crippen molar-refractivity contribution in [2.75, 3.05) is 20.3 Å². The Morgan fingerprint density at radius 1 is 1.00 bits per heavy atom. The van der Waals surface area contributed by atoms with Crippen LogP contribution in [-0.2, 0) is 25.7 Å². The van der Waals surface area contributed by atoms with Gasteiger partial charge in [0.2, 0.25) is 0 Å². The molecule has 0 spiro atoms. The van der Waals surface area contributed by atoms with Crippen molar-refractivity contribution in [2.24, 2.45) is 0 Å². The standard InChI is InChI=1S/C31H31NO7/c1-20-17-24(13-14-26(20)38-19-22-9-5-4-6-10-22)29(34)27-28(23-11-7-12-25(18-23)39-21(2)33)32(15-8-16-37-3)31(36)30(27)35/h4-7,9-14,17-18,28,34H,8,15-16,19H2,1-3H3/b29-27+. The predicted molar refractivity (Wildman–Crippen MR) is 145 cm³/mol. The Kier molecular flexibility index (Phi) is 8.78. The maximum absolute atomic E-state index is 13.3. The average Bonchev–Trinajstić information content (AvgIpc) is 3.17. The van der Waals surface area contributed by atoms with E-state index >= 15 is 0 Å². The number of aliphatic hydroxyl groups excluding tert-OH is 1. The van der Waals surface area contributed by atoms with Gasteiger partial charge in [0.15, 0.2) is 0 Å². The molecule has 3 aromatic rings. The normalized spacial score (nSPS) is 16.4. The first-order valence-corrected chi connectivity index (χ1v) is 12.6. The van der Waals surface area contributed by atoms with E-state index in [2.05, 4.69) is 0 Å². The lowest BCUT2D eigenvalue weighted by molar-refractivity contribution is -0.140. The second-order valence-electron chi connectivity index (χ2n) is 9.26. The lowest BCUT2D eigenvalue weighted by Crippen LogP contribution is -2.31. The summed E-state index contributed by atoms with van der Waals surface area (Å²) in [7, 11) is 1.56. The minimum atomic E-state index is -0.869. The fourth-order valence-corrected chi connectivity index (χ4v) is 4.60. The third kappa shape index (κ3) is 6.35. The Hall–Kier alpha value is -4.43. The number of amides is 1. The van der Waals surface area contributed by atoms with Crippen LogP contribution in [0.2, 0.25) is 0 Å². The van der Waals surface area contributed by atoms with Crippen LogP contribution in [0.5, 0.6) is 11.5 Å². The van der Waals surface area contributed by atoms with E-state index in [1.54, 1.807) is 49.6 Å². The molecule has 1 atom stereocenters. The third-order valence-corrected chi connectivity index (χ3v) is 6.41. The number of Topliss-reactive ketones (excluding diaryl/α,β-unsaturated/α-hetero) is 1. The Bertz CT molecular complexity index is 1400. The molecule has 1 saturated heterocycles. The second kappa shape index (κ2) is 12.4. The molecule has 3 aromatic carbocycles. The smallest absolute Gasteiger partial charge is 0.308 e. The van der Waals surface area contributed by atoms with Gasteiger partial charge in [-0.1, -0.05) is 42.5 Å². The summed E-state index contributed by atoms with van der Waals surface area (Å²) >= 11 is 0. The van der Waals surface area contributed by atoms with Crippen LogP contribution in [0, 0.1) is 6.92 Å². The number of benzene rings is 3. The van der Waals surface area contributed by atoms with Crippen molar-refractivity contribution in [3.8, 4) is 11.5 Å². The molecule has 1 N–H and O–H groups in total. The first-order chi connectivity index (χ1) is 18.8. The van der Waals surface area contributed by atoms with Crippen LogP contribution in [-0.4, -0.2) is 47.9 Å². The lowest BCUT2D eigenvalue weighted by Gasteiger charge is -2.25. The number of aliphatic hydroxyl groups is 1. The zero-order chi connectivity index (χ0) is 27.9. The topological polar surface area (TPSA) is 102 Å². The summed E-state index contributed by atoms with van der Waals surface area (Å²) in [5, 5.41) is 11.4.